The van der Waals surface area contributed by atoms with Crippen LogP contribution in [0.2, 0.25) is 0 Å². The minimum atomic E-state index is -1.43. The lowest BCUT2D eigenvalue weighted by atomic mass is 9.76. The van der Waals surface area contributed by atoms with Gasteiger partial charge in [-0.15, -0.1) is 0 Å². The molecule has 1 fully saturated rings. The summed E-state index contributed by atoms with van der Waals surface area (Å²) >= 11 is 0. The molecule has 2 rings (SSSR count). The molecule has 0 spiro atoms. The zero-order valence-electron chi connectivity index (χ0n) is 12.6. The van der Waals surface area contributed by atoms with Crippen LogP contribution in [0.25, 0.3) is 0 Å². The van der Waals surface area contributed by atoms with Crippen molar-refractivity contribution in [1.29, 1.82) is 0 Å². The maximum atomic E-state index is 9.48. The van der Waals surface area contributed by atoms with E-state index in [2.05, 4.69) is 18.7 Å². The molecule has 1 aromatic carbocycles. The van der Waals surface area contributed by atoms with E-state index in [4.69, 9.17) is 4.74 Å². The van der Waals surface area contributed by atoms with Gasteiger partial charge in [0.15, 0.2) is 0 Å². The van der Waals surface area contributed by atoms with Gasteiger partial charge in [-0.2, -0.15) is 0 Å². The van der Waals surface area contributed by atoms with Crippen LogP contribution in [0.4, 0.5) is 0 Å². The molecular weight excluding hydrogens is 253 g/mol. The third-order valence-electron chi connectivity index (χ3n) is 4.23. The molecule has 0 bridgehead atoms. The van der Waals surface area contributed by atoms with Gasteiger partial charge in [-0.1, -0.05) is 19.9 Å². The summed E-state index contributed by atoms with van der Waals surface area (Å²) < 4.78 is 5.23. The van der Waals surface area contributed by atoms with Crippen molar-refractivity contribution in [2.45, 2.75) is 33.2 Å². The first-order chi connectivity index (χ1) is 9.41. The number of hydrogen-bond donors (Lipinski definition) is 2. The first-order valence-electron chi connectivity index (χ1n) is 7.16. The van der Waals surface area contributed by atoms with E-state index in [0.717, 1.165) is 30.9 Å². The highest BCUT2D eigenvalue weighted by Gasteiger charge is 2.26. The molecule has 0 amide bonds. The van der Waals surface area contributed by atoms with Crippen LogP contribution in [0.3, 0.4) is 0 Å². The molecule has 0 aliphatic carbocycles. The van der Waals surface area contributed by atoms with Gasteiger partial charge in [0.2, 0.25) is 0 Å². The van der Waals surface area contributed by atoms with Crippen molar-refractivity contribution in [3.63, 3.8) is 0 Å². The average molecular weight is 277 g/mol. The maximum absolute atomic E-state index is 9.48. The van der Waals surface area contributed by atoms with Crippen LogP contribution in [0, 0.1) is 5.41 Å². The molecule has 0 aromatic heterocycles. The predicted molar refractivity (Wildman–Crippen MR) is 81.1 cm³/mol. The molecule has 0 atom stereocenters. The average Bonchev–Trinajstić information content (AvgIpc) is 2.40. The molecule has 4 nitrogen and oxygen atoms in total. The van der Waals surface area contributed by atoms with Gasteiger partial charge in [0.25, 0.3) is 0 Å². The van der Waals surface area contributed by atoms with E-state index in [0.29, 0.717) is 10.9 Å². The Bertz CT molecular complexity index is 452. The molecule has 1 aliphatic heterocycles. The highest BCUT2D eigenvalue weighted by atomic mass is 16.5. The van der Waals surface area contributed by atoms with Gasteiger partial charge < -0.3 is 14.8 Å². The normalized spacial score (nSPS) is 18.9. The monoisotopic (exact) mass is 277 g/mol. The van der Waals surface area contributed by atoms with Crippen molar-refractivity contribution in [2.24, 2.45) is 5.41 Å². The van der Waals surface area contributed by atoms with Crippen LogP contribution >= 0.6 is 0 Å². The standard InChI is InChI=1S/C15H24BNO3/c1-15(2)6-8-17(9-7-15)11-12-10-13(20-3)4-5-14(12)16(18)19/h4-5,10,18-19H,6-9,11H2,1-3H3. The molecular formula is C15H24BNO3. The van der Waals surface area contributed by atoms with E-state index in [1.165, 1.54) is 12.8 Å². The summed E-state index contributed by atoms with van der Waals surface area (Å²) in [5.74, 6) is 0.752. The fourth-order valence-corrected chi connectivity index (χ4v) is 2.66. The van der Waals surface area contributed by atoms with Crippen molar-refractivity contribution in [1.82, 2.24) is 4.90 Å². The predicted octanol–water partition coefficient (Wildman–Crippen LogP) is 0.997. The van der Waals surface area contributed by atoms with Gasteiger partial charge in [0.05, 0.1) is 7.11 Å². The number of piperidine rings is 1. The quantitative estimate of drug-likeness (QED) is 0.806. The van der Waals surface area contributed by atoms with Crippen LogP contribution in [0.1, 0.15) is 32.3 Å². The molecule has 0 unspecified atom stereocenters. The van der Waals surface area contributed by atoms with E-state index in [1.54, 1.807) is 19.2 Å². The van der Waals surface area contributed by atoms with Crippen molar-refractivity contribution in [3.05, 3.63) is 23.8 Å². The lowest BCUT2D eigenvalue weighted by Crippen LogP contribution is -2.40. The Morgan fingerprint density at radius 2 is 1.90 bits per heavy atom. The molecule has 1 aliphatic rings. The third-order valence-corrected chi connectivity index (χ3v) is 4.23. The lowest BCUT2D eigenvalue weighted by Gasteiger charge is -2.37. The number of nitrogens with zero attached hydrogens (tertiary/aromatic N) is 1. The Hall–Kier alpha value is -1.04. The van der Waals surface area contributed by atoms with Crippen molar-refractivity contribution < 1.29 is 14.8 Å². The molecule has 0 radical (unpaired) electrons. The van der Waals surface area contributed by atoms with Crippen LogP contribution < -0.4 is 10.2 Å². The minimum Gasteiger partial charge on any atom is -0.497 e. The molecule has 1 aromatic rings. The van der Waals surface area contributed by atoms with E-state index < -0.39 is 7.12 Å². The largest absolute Gasteiger partial charge is 0.497 e. The van der Waals surface area contributed by atoms with Crippen LogP contribution in [0.15, 0.2) is 18.2 Å². The molecule has 1 heterocycles. The van der Waals surface area contributed by atoms with Crippen molar-refractivity contribution in [3.8, 4) is 5.75 Å². The van der Waals surface area contributed by atoms with Crippen molar-refractivity contribution >= 4 is 12.6 Å². The van der Waals surface area contributed by atoms with Crippen LogP contribution in [-0.2, 0) is 6.54 Å². The fourth-order valence-electron chi connectivity index (χ4n) is 2.66. The highest BCUT2D eigenvalue weighted by Crippen LogP contribution is 2.30. The van der Waals surface area contributed by atoms with E-state index in [9.17, 15) is 10.0 Å². The minimum absolute atomic E-state index is 0.421. The second-order valence-corrected chi connectivity index (χ2v) is 6.38. The first-order valence-corrected chi connectivity index (χ1v) is 7.16. The topological polar surface area (TPSA) is 52.9 Å². The molecule has 2 N–H and O–H groups in total. The second kappa shape index (κ2) is 6.16. The SMILES string of the molecule is COc1ccc(B(O)O)c(CN2CCC(C)(C)CC2)c1. The van der Waals surface area contributed by atoms with Gasteiger partial charge in [-0.3, -0.25) is 4.90 Å². The molecule has 110 valence electrons. The van der Waals surface area contributed by atoms with Crippen LogP contribution in [0.5, 0.6) is 5.75 Å². The number of hydrogen-bond acceptors (Lipinski definition) is 4. The maximum Gasteiger partial charge on any atom is 0.488 e. The van der Waals surface area contributed by atoms with E-state index in [-0.39, 0.29) is 0 Å². The van der Waals surface area contributed by atoms with E-state index in [1.807, 2.05) is 6.07 Å². The summed E-state index contributed by atoms with van der Waals surface area (Å²) in [5.41, 5.74) is 1.92. The second-order valence-electron chi connectivity index (χ2n) is 6.38. The number of likely N-dealkylation sites (tertiary alicyclic amines) is 1. The fraction of sp³-hybridized carbons (Fsp3) is 0.600. The summed E-state index contributed by atoms with van der Waals surface area (Å²) in [4.78, 5) is 2.37. The van der Waals surface area contributed by atoms with Gasteiger partial charge in [0, 0.05) is 6.54 Å². The Kier molecular flexibility index (Phi) is 4.73. The van der Waals surface area contributed by atoms with Gasteiger partial charge in [0.1, 0.15) is 5.75 Å². The van der Waals surface area contributed by atoms with Crippen LogP contribution in [-0.4, -0.2) is 42.3 Å². The van der Waals surface area contributed by atoms with Crippen molar-refractivity contribution in [2.75, 3.05) is 20.2 Å². The summed E-state index contributed by atoms with van der Waals surface area (Å²) in [7, 11) is 0.189. The van der Waals surface area contributed by atoms with Gasteiger partial charge in [-0.25, -0.2) is 0 Å². The third kappa shape index (κ3) is 3.75. The van der Waals surface area contributed by atoms with Gasteiger partial charge >= 0.3 is 7.12 Å². The molecule has 1 saturated heterocycles. The van der Waals surface area contributed by atoms with Gasteiger partial charge in [-0.05, 0) is 54.5 Å². The lowest BCUT2D eigenvalue weighted by molar-refractivity contribution is 0.127. The number of methoxy groups -OCH3 is 1. The van der Waals surface area contributed by atoms with E-state index >= 15 is 0 Å². The zero-order chi connectivity index (χ0) is 14.8. The molecule has 0 saturated carbocycles. The summed E-state index contributed by atoms with van der Waals surface area (Å²) in [6.45, 7) is 7.44. The first kappa shape index (κ1) is 15.4. The Balaban J connectivity index is 2.11. The highest BCUT2D eigenvalue weighted by molar-refractivity contribution is 6.59. The molecule has 5 heteroatoms. The number of rotatable bonds is 4. The summed E-state index contributed by atoms with van der Waals surface area (Å²) in [6, 6.07) is 5.39. The Morgan fingerprint density at radius 1 is 1.25 bits per heavy atom. The summed E-state index contributed by atoms with van der Waals surface area (Å²) in [5, 5.41) is 19.0. The zero-order valence-corrected chi connectivity index (χ0v) is 12.6. The Labute approximate surface area is 121 Å². The number of ether oxygens (including phenoxy) is 1. The number of benzene rings is 1. The smallest absolute Gasteiger partial charge is 0.488 e. The Morgan fingerprint density at radius 3 is 2.45 bits per heavy atom. The molecule has 20 heavy (non-hydrogen) atoms. The summed E-state index contributed by atoms with van der Waals surface area (Å²) in [6.07, 6.45) is 2.35.